The van der Waals surface area contributed by atoms with Gasteiger partial charge in [0.25, 0.3) is 0 Å². The van der Waals surface area contributed by atoms with Crippen molar-refractivity contribution < 1.29 is 19.1 Å². The van der Waals surface area contributed by atoms with Crippen LogP contribution < -0.4 is 4.74 Å². The summed E-state index contributed by atoms with van der Waals surface area (Å²) in [7, 11) is 2.81. The highest BCUT2D eigenvalue weighted by molar-refractivity contribution is 6.17. The molecule has 0 N–H and O–H groups in total. The number of hydrogen-bond acceptors (Lipinski definition) is 5. The normalized spacial score (nSPS) is 11.2. The number of ether oxygens (including phenoxy) is 2. The van der Waals surface area contributed by atoms with E-state index in [9.17, 15) is 9.59 Å². The topological polar surface area (TPSA) is 65.5 Å². The summed E-state index contributed by atoms with van der Waals surface area (Å²) in [5.41, 5.74) is -0.243. The summed E-state index contributed by atoms with van der Waals surface area (Å²) in [6.45, 7) is 3.10. The first-order chi connectivity index (χ1) is 9.93. The molecule has 2 rings (SSSR count). The quantitative estimate of drug-likeness (QED) is 0.491. The second-order valence-electron chi connectivity index (χ2n) is 5.16. The number of esters is 1. The fraction of sp³-hybridized carbons (Fsp3) is 0.312. The largest absolute Gasteiger partial charge is 0.494 e. The molecule has 0 bridgehead atoms. The molecule has 0 aliphatic carbocycles. The van der Waals surface area contributed by atoms with Gasteiger partial charge in [-0.1, -0.05) is 6.07 Å². The van der Waals surface area contributed by atoms with Gasteiger partial charge in [-0.05, 0) is 32.0 Å². The molecule has 0 saturated carbocycles. The Kier molecular flexibility index (Phi) is 3.93. The van der Waals surface area contributed by atoms with Crippen LogP contribution in [-0.4, -0.2) is 31.0 Å². The molecule has 0 atom stereocenters. The Morgan fingerprint density at radius 1 is 1.14 bits per heavy atom. The molecule has 0 amide bonds. The molecule has 5 nitrogen and oxygen atoms in total. The third-order valence-corrected chi connectivity index (χ3v) is 3.46. The number of carbonyl (C=O) groups is 2. The van der Waals surface area contributed by atoms with Crippen molar-refractivity contribution in [3.8, 4) is 5.75 Å². The van der Waals surface area contributed by atoms with Crippen molar-refractivity contribution in [1.29, 1.82) is 0 Å². The number of pyridine rings is 1. The van der Waals surface area contributed by atoms with Gasteiger partial charge in [-0.3, -0.25) is 14.6 Å². The predicted octanol–water partition coefficient (Wildman–Crippen LogP) is 2.63. The summed E-state index contributed by atoms with van der Waals surface area (Å²) in [4.78, 5) is 28.8. The molecule has 0 radical (unpaired) electrons. The van der Waals surface area contributed by atoms with Crippen molar-refractivity contribution in [2.75, 3.05) is 14.2 Å². The Balaban J connectivity index is 2.63. The van der Waals surface area contributed by atoms with E-state index in [2.05, 4.69) is 4.98 Å². The molecule has 0 spiro atoms. The van der Waals surface area contributed by atoms with Crippen LogP contribution >= 0.6 is 0 Å². The maximum atomic E-state index is 12.7. The van der Waals surface area contributed by atoms with Gasteiger partial charge in [0.2, 0.25) is 0 Å². The summed E-state index contributed by atoms with van der Waals surface area (Å²) in [6, 6.07) is 6.85. The van der Waals surface area contributed by atoms with Crippen molar-refractivity contribution in [3.05, 3.63) is 36.0 Å². The van der Waals surface area contributed by atoms with Crippen molar-refractivity contribution >= 4 is 22.7 Å². The van der Waals surface area contributed by atoms with Crippen LogP contribution in [0.25, 0.3) is 10.9 Å². The van der Waals surface area contributed by atoms with Gasteiger partial charge in [-0.25, -0.2) is 0 Å². The van der Waals surface area contributed by atoms with Crippen molar-refractivity contribution in [2.45, 2.75) is 13.8 Å². The minimum Gasteiger partial charge on any atom is -0.494 e. The average molecular weight is 287 g/mol. The molecular weight excluding hydrogens is 270 g/mol. The van der Waals surface area contributed by atoms with Gasteiger partial charge in [-0.15, -0.1) is 0 Å². The van der Waals surface area contributed by atoms with E-state index < -0.39 is 11.4 Å². The third kappa shape index (κ3) is 2.46. The smallest absolute Gasteiger partial charge is 0.319 e. The lowest BCUT2D eigenvalue weighted by atomic mass is 9.83. The molecular formula is C16H17NO4. The van der Waals surface area contributed by atoms with Gasteiger partial charge in [0, 0.05) is 17.1 Å². The Bertz CT molecular complexity index is 706. The molecule has 1 aromatic heterocycles. The zero-order chi connectivity index (χ0) is 15.6. The zero-order valence-electron chi connectivity index (χ0n) is 12.5. The molecule has 1 heterocycles. The van der Waals surface area contributed by atoms with E-state index in [1.165, 1.54) is 7.11 Å². The second-order valence-corrected chi connectivity index (χ2v) is 5.16. The minimum absolute atomic E-state index is 0.310. The van der Waals surface area contributed by atoms with Gasteiger partial charge in [0.1, 0.15) is 16.7 Å². The Hall–Kier alpha value is -2.43. The number of benzene rings is 1. The fourth-order valence-electron chi connectivity index (χ4n) is 2.19. The molecule has 2 aromatic rings. The van der Waals surface area contributed by atoms with E-state index in [1.54, 1.807) is 51.4 Å². The first-order valence-electron chi connectivity index (χ1n) is 6.48. The number of carbonyl (C=O) groups excluding carboxylic acids is 2. The number of methoxy groups -OCH3 is 2. The molecule has 110 valence electrons. The zero-order valence-corrected chi connectivity index (χ0v) is 12.5. The number of ketones is 1. The Morgan fingerprint density at radius 2 is 1.86 bits per heavy atom. The Morgan fingerprint density at radius 3 is 2.48 bits per heavy atom. The molecule has 0 aliphatic rings. The van der Waals surface area contributed by atoms with Crippen LogP contribution in [0.1, 0.15) is 24.2 Å². The van der Waals surface area contributed by atoms with E-state index in [0.717, 1.165) is 0 Å². The first kappa shape index (κ1) is 15.0. The Labute approximate surface area is 122 Å². The lowest BCUT2D eigenvalue weighted by Gasteiger charge is -2.21. The van der Waals surface area contributed by atoms with Crippen LogP contribution in [0.2, 0.25) is 0 Å². The number of aromatic nitrogens is 1. The van der Waals surface area contributed by atoms with Gasteiger partial charge < -0.3 is 9.47 Å². The van der Waals surface area contributed by atoms with Crippen molar-refractivity contribution in [3.63, 3.8) is 0 Å². The number of hydrogen-bond donors (Lipinski definition) is 0. The van der Waals surface area contributed by atoms with Gasteiger partial charge in [0.05, 0.1) is 14.2 Å². The summed E-state index contributed by atoms with van der Waals surface area (Å²) < 4.78 is 9.97. The molecule has 21 heavy (non-hydrogen) atoms. The summed E-state index contributed by atoms with van der Waals surface area (Å²) >= 11 is 0. The summed E-state index contributed by atoms with van der Waals surface area (Å²) in [5, 5.41) is 0.652. The molecule has 0 fully saturated rings. The molecule has 0 saturated heterocycles. The summed E-state index contributed by atoms with van der Waals surface area (Å²) in [6.07, 6.45) is 1.63. The molecule has 1 aromatic carbocycles. The monoisotopic (exact) mass is 287 g/mol. The van der Waals surface area contributed by atoms with Gasteiger partial charge >= 0.3 is 5.97 Å². The predicted molar refractivity (Wildman–Crippen MR) is 78.4 cm³/mol. The first-order valence-corrected chi connectivity index (χ1v) is 6.48. The van der Waals surface area contributed by atoms with E-state index in [1.807, 2.05) is 0 Å². The molecule has 0 unspecified atom stereocenters. The maximum Gasteiger partial charge on any atom is 0.319 e. The SMILES string of the molecule is COC(=O)C(C)(C)C(=O)c1ccc(OC)c2ncccc12. The van der Waals surface area contributed by atoms with Gasteiger partial charge in [-0.2, -0.15) is 0 Å². The van der Waals surface area contributed by atoms with E-state index in [4.69, 9.17) is 9.47 Å². The second kappa shape index (κ2) is 5.52. The number of fused-ring (bicyclic) bond motifs is 1. The average Bonchev–Trinajstić information content (AvgIpc) is 2.52. The highest BCUT2D eigenvalue weighted by Crippen LogP contribution is 2.31. The number of Topliss-reactive ketones (excluding diaryl/α,β-unsaturated/α-hetero) is 1. The lowest BCUT2D eigenvalue weighted by molar-refractivity contribution is -0.147. The molecule has 5 heteroatoms. The number of nitrogens with zero attached hydrogens (tertiary/aromatic N) is 1. The number of rotatable bonds is 4. The van der Waals surface area contributed by atoms with Crippen LogP contribution in [0, 0.1) is 5.41 Å². The maximum absolute atomic E-state index is 12.7. The van der Waals surface area contributed by atoms with Crippen molar-refractivity contribution in [1.82, 2.24) is 4.98 Å². The lowest BCUT2D eigenvalue weighted by Crippen LogP contribution is -2.34. The van der Waals surface area contributed by atoms with E-state index in [-0.39, 0.29) is 5.78 Å². The standard InChI is InChI=1S/C16H17NO4/c1-16(2,15(19)21-4)14(18)11-7-8-12(20-3)13-10(11)6-5-9-17-13/h5-9H,1-4H3. The highest BCUT2D eigenvalue weighted by Gasteiger charge is 2.38. The van der Waals surface area contributed by atoms with E-state index >= 15 is 0 Å². The summed E-state index contributed by atoms with van der Waals surface area (Å²) in [5.74, 6) is -0.298. The van der Waals surface area contributed by atoms with Crippen LogP contribution in [0.15, 0.2) is 30.5 Å². The van der Waals surface area contributed by atoms with Crippen LogP contribution in [-0.2, 0) is 9.53 Å². The third-order valence-electron chi connectivity index (χ3n) is 3.46. The fourth-order valence-corrected chi connectivity index (χ4v) is 2.19. The minimum atomic E-state index is -1.26. The van der Waals surface area contributed by atoms with Crippen LogP contribution in [0.5, 0.6) is 5.75 Å². The highest BCUT2D eigenvalue weighted by atomic mass is 16.5. The van der Waals surface area contributed by atoms with Gasteiger partial charge in [0.15, 0.2) is 5.78 Å². The van der Waals surface area contributed by atoms with Crippen molar-refractivity contribution in [2.24, 2.45) is 5.41 Å². The van der Waals surface area contributed by atoms with Crippen LogP contribution in [0.3, 0.4) is 0 Å². The van der Waals surface area contributed by atoms with E-state index in [0.29, 0.717) is 22.2 Å². The van der Waals surface area contributed by atoms with Crippen LogP contribution in [0.4, 0.5) is 0 Å². The molecule has 0 aliphatic heterocycles.